The number of aromatic nitrogens is 1. The molecule has 0 radical (unpaired) electrons. The highest BCUT2D eigenvalue weighted by Gasteiger charge is 2.49. The lowest BCUT2D eigenvalue weighted by atomic mass is 9.73. The van der Waals surface area contributed by atoms with Gasteiger partial charge in [0.25, 0.3) is 0 Å². The first-order valence-corrected chi connectivity index (χ1v) is 9.93. The molecule has 1 aliphatic carbocycles. The number of benzene rings is 2. The van der Waals surface area contributed by atoms with Gasteiger partial charge in [0.1, 0.15) is 0 Å². The molecule has 0 aliphatic heterocycles. The predicted octanol–water partition coefficient (Wildman–Crippen LogP) is 4.54. The zero-order valence-electron chi connectivity index (χ0n) is 15.8. The molecule has 0 fully saturated rings. The van der Waals surface area contributed by atoms with Crippen LogP contribution < -0.4 is 10.2 Å². The first kappa shape index (κ1) is 17.7. The summed E-state index contributed by atoms with van der Waals surface area (Å²) in [6.45, 7) is 2.07. The van der Waals surface area contributed by atoms with Crippen molar-refractivity contribution in [2.24, 2.45) is 5.41 Å². The van der Waals surface area contributed by atoms with E-state index < -0.39 is 5.41 Å². The zero-order chi connectivity index (χ0) is 19.0. The molecule has 2 aromatic carbocycles. The Hall–Kier alpha value is -2.66. The molecule has 1 heterocycles. The number of thiazole rings is 1. The van der Waals surface area contributed by atoms with Gasteiger partial charge in [-0.3, -0.25) is 4.79 Å². The minimum Gasteiger partial charge on any atom is -0.378 e. The first-order valence-electron chi connectivity index (χ1n) is 9.05. The number of carbonyl (C=O) groups excluding carboxylic acids is 1. The lowest BCUT2D eigenvalue weighted by molar-refractivity contribution is -0.125. The van der Waals surface area contributed by atoms with Crippen molar-refractivity contribution in [3.8, 4) is 0 Å². The summed E-state index contributed by atoms with van der Waals surface area (Å²) in [5.41, 5.74) is 4.24. The van der Waals surface area contributed by atoms with Crippen LogP contribution in [0, 0.1) is 5.41 Å². The van der Waals surface area contributed by atoms with Crippen LogP contribution in [0.1, 0.15) is 29.5 Å². The molecule has 27 heavy (non-hydrogen) atoms. The third-order valence-corrected chi connectivity index (χ3v) is 6.14. The van der Waals surface area contributed by atoms with Crippen molar-refractivity contribution in [1.29, 1.82) is 0 Å². The van der Waals surface area contributed by atoms with Crippen molar-refractivity contribution in [2.45, 2.75) is 19.3 Å². The van der Waals surface area contributed by atoms with Gasteiger partial charge < -0.3 is 10.2 Å². The van der Waals surface area contributed by atoms with E-state index in [2.05, 4.69) is 52.5 Å². The number of nitrogens with one attached hydrogen (secondary N) is 1. The van der Waals surface area contributed by atoms with E-state index in [1.54, 1.807) is 6.20 Å². The van der Waals surface area contributed by atoms with Crippen LogP contribution in [-0.4, -0.2) is 25.0 Å². The Kier molecular flexibility index (Phi) is 4.48. The maximum absolute atomic E-state index is 13.4. The molecule has 0 saturated carbocycles. The molecule has 1 aliphatic rings. The average molecular weight is 378 g/mol. The molecule has 2 unspecified atom stereocenters. The minimum absolute atomic E-state index is 0.00793. The lowest BCUT2D eigenvalue weighted by Gasteiger charge is -2.31. The van der Waals surface area contributed by atoms with E-state index >= 15 is 0 Å². The van der Waals surface area contributed by atoms with Gasteiger partial charge in [0.15, 0.2) is 5.13 Å². The fourth-order valence-electron chi connectivity index (χ4n) is 4.06. The molecule has 0 saturated heterocycles. The maximum atomic E-state index is 13.4. The molecule has 138 valence electrons. The first-order chi connectivity index (χ1) is 13.0. The third-order valence-electron chi connectivity index (χ3n) is 5.46. The standard InChI is InChI=1S/C22H23N3OS/c1-22(20(26)24-21-23-11-12-27-21)14-16-9-10-17(25(2)3)13-18(16)19(22)15-7-5-4-6-8-15/h4-13,19H,14H2,1-3H3,(H,23,24,26). The Morgan fingerprint density at radius 1 is 1.22 bits per heavy atom. The van der Waals surface area contributed by atoms with Crippen molar-refractivity contribution < 1.29 is 4.79 Å². The molecule has 1 aromatic heterocycles. The van der Waals surface area contributed by atoms with Crippen LogP contribution >= 0.6 is 11.3 Å². The zero-order valence-corrected chi connectivity index (χ0v) is 16.6. The van der Waals surface area contributed by atoms with Crippen LogP contribution in [0.3, 0.4) is 0 Å². The minimum atomic E-state index is -0.569. The van der Waals surface area contributed by atoms with Crippen LogP contribution in [0.25, 0.3) is 0 Å². The molecule has 4 rings (SSSR count). The van der Waals surface area contributed by atoms with Gasteiger partial charge >= 0.3 is 0 Å². The fourth-order valence-corrected chi connectivity index (χ4v) is 4.58. The predicted molar refractivity (Wildman–Crippen MR) is 112 cm³/mol. The van der Waals surface area contributed by atoms with E-state index in [0.29, 0.717) is 11.6 Å². The highest BCUT2D eigenvalue weighted by Crippen LogP contribution is 2.52. The summed E-state index contributed by atoms with van der Waals surface area (Å²) < 4.78 is 0. The summed E-state index contributed by atoms with van der Waals surface area (Å²) in [5, 5.41) is 5.56. The summed E-state index contributed by atoms with van der Waals surface area (Å²) in [5.74, 6) is 0.0301. The Morgan fingerprint density at radius 3 is 2.67 bits per heavy atom. The summed E-state index contributed by atoms with van der Waals surface area (Å²) in [4.78, 5) is 19.7. The molecule has 3 aromatic rings. The van der Waals surface area contributed by atoms with Gasteiger partial charge in [-0.1, -0.05) is 36.4 Å². The number of rotatable bonds is 4. The average Bonchev–Trinajstić information content (AvgIpc) is 3.27. The Labute approximate surface area is 163 Å². The lowest BCUT2D eigenvalue weighted by Crippen LogP contribution is -2.37. The Balaban J connectivity index is 1.80. The van der Waals surface area contributed by atoms with Crippen molar-refractivity contribution in [2.75, 3.05) is 24.3 Å². The number of anilines is 2. The smallest absolute Gasteiger partial charge is 0.233 e. The van der Waals surface area contributed by atoms with Gasteiger partial charge in [-0.25, -0.2) is 4.98 Å². The van der Waals surface area contributed by atoms with E-state index in [9.17, 15) is 4.79 Å². The van der Waals surface area contributed by atoms with Crippen molar-refractivity contribution in [3.05, 3.63) is 76.8 Å². The molecule has 0 spiro atoms. The molecular formula is C22H23N3OS. The SMILES string of the molecule is CN(C)c1ccc2c(c1)C(c1ccccc1)C(C)(C(=O)Nc1nccs1)C2. The van der Waals surface area contributed by atoms with Gasteiger partial charge in [-0.05, 0) is 42.2 Å². The van der Waals surface area contributed by atoms with Crippen LogP contribution in [-0.2, 0) is 11.2 Å². The monoisotopic (exact) mass is 377 g/mol. The quantitative estimate of drug-likeness (QED) is 0.726. The molecule has 4 nitrogen and oxygen atoms in total. The number of hydrogen-bond donors (Lipinski definition) is 1. The Bertz CT molecular complexity index is 953. The number of hydrogen-bond acceptors (Lipinski definition) is 4. The molecule has 0 bridgehead atoms. The van der Waals surface area contributed by atoms with E-state index in [1.807, 2.05) is 37.7 Å². The largest absolute Gasteiger partial charge is 0.378 e. The van der Waals surface area contributed by atoms with E-state index in [1.165, 1.54) is 28.0 Å². The van der Waals surface area contributed by atoms with Crippen molar-refractivity contribution in [1.82, 2.24) is 4.98 Å². The second-order valence-electron chi connectivity index (χ2n) is 7.51. The summed E-state index contributed by atoms with van der Waals surface area (Å²) in [6, 6.07) is 16.9. The second kappa shape index (κ2) is 6.82. The number of carbonyl (C=O) groups is 1. The number of nitrogens with zero attached hydrogens (tertiary/aromatic N) is 2. The molecular weight excluding hydrogens is 354 g/mol. The maximum Gasteiger partial charge on any atom is 0.233 e. The summed E-state index contributed by atoms with van der Waals surface area (Å²) in [6.07, 6.45) is 2.43. The van der Waals surface area contributed by atoms with Gasteiger partial charge in [0, 0.05) is 37.3 Å². The van der Waals surface area contributed by atoms with E-state index in [0.717, 1.165) is 5.69 Å². The highest BCUT2D eigenvalue weighted by molar-refractivity contribution is 7.13. The fraction of sp³-hybridized carbons (Fsp3) is 0.273. The van der Waals surface area contributed by atoms with Crippen LogP contribution in [0.2, 0.25) is 0 Å². The van der Waals surface area contributed by atoms with Crippen molar-refractivity contribution in [3.63, 3.8) is 0 Å². The highest BCUT2D eigenvalue weighted by atomic mass is 32.1. The number of amides is 1. The van der Waals surface area contributed by atoms with Crippen LogP contribution in [0.5, 0.6) is 0 Å². The molecule has 5 heteroatoms. The Morgan fingerprint density at radius 2 is 2.00 bits per heavy atom. The van der Waals surface area contributed by atoms with Gasteiger partial charge in [0.2, 0.25) is 5.91 Å². The third kappa shape index (κ3) is 3.12. The second-order valence-corrected chi connectivity index (χ2v) is 8.40. The molecule has 1 N–H and O–H groups in total. The van der Waals surface area contributed by atoms with Crippen LogP contribution in [0.15, 0.2) is 60.1 Å². The summed E-state index contributed by atoms with van der Waals surface area (Å²) >= 11 is 1.45. The van der Waals surface area contributed by atoms with Gasteiger partial charge in [0.05, 0.1) is 5.41 Å². The molecule has 2 atom stereocenters. The van der Waals surface area contributed by atoms with E-state index in [-0.39, 0.29) is 11.8 Å². The van der Waals surface area contributed by atoms with Gasteiger partial charge in [-0.2, -0.15) is 0 Å². The van der Waals surface area contributed by atoms with Gasteiger partial charge in [-0.15, -0.1) is 11.3 Å². The van der Waals surface area contributed by atoms with E-state index in [4.69, 9.17) is 0 Å². The normalized spacial score (nSPS) is 20.9. The number of fused-ring (bicyclic) bond motifs is 1. The molecule has 1 amide bonds. The van der Waals surface area contributed by atoms with Crippen LogP contribution in [0.4, 0.5) is 10.8 Å². The summed E-state index contributed by atoms with van der Waals surface area (Å²) in [7, 11) is 4.09. The topological polar surface area (TPSA) is 45.2 Å². The van der Waals surface area contributed by atoms with Crippen molar-refractivity contribution >= 4 is 28.1 Å².